The zero-order chi connectivity index (χ0) is 24.6. The first kappa shape index (κ1) is 20.9. The van der Waals surface area contributed by atoms with Gasteiger partial charge in [-0.3, -0.25) is 0 Å². The summed E-state index contributed by atoms with van der Waals surface area (Å²) in [6.07, 6.45) is 4.13. The van der Waals surface area contributed by atoms with Crippen molar-refractivity contribution < 1.29 is 4.74 Å². The lowest BCUT2D eigenvalue weighted by atomic mass is 9.94. The molecule has 0 amide bonds. The van der Waals surface area contributed by atoms with Crippen LogP contribution in [0.25, 0.3) is 44.1 Å². The summed E-state index contributed by atoms with van der Waals surface area (Å²) < 4.78 is 6.40. The molecule has 0 saturated carbocycles. The average molecular weight is 470 g/mol. The largest absolute Gasteiger partial charge is 0.453 e. The number of ether oxygens (including phenoxy) is 1. The maximum absolute atomic E-state index is 6.40. The number of H-pyrrole nitrogens is 2. The zero-order valence-electron chi connectivity index (χ0n) is 20.8. The quantitative estimate of drug-likeness (QED) is 0.236. The van der Waals surface area contributed by atoms with Crippen molar-refractivity contribution in [2.24, 2.45) is 0 Å². The van der Waals surface area contributed by atoms with Gasteiger partial charge in [0.25, 0.3) is 0 Å². The number of anilines is 2. The van der Waals surface area contributed by atoms with Gasteiger partial charge in [0.15, 0.2) is 11.5 Å². The fourth-order valence-corrected chi connectivity index (χ4v) is 5.58. The molecule has 3 N–H and O–H groups in total. The number of aromatic amines is 2. The zero-order valence-corrected chi connectivity index (χ0v) is 20.8. The second-order valence-corrected chi connectivity index (χ2v) is 9.91. The molecular formula is C32H27N3O. The standard InChI is InChI=1S/C32H27N3O/c1-17-15-33-27-9-5-21(13-25(17)27)23-7-11-29-31(19(23)3)35-32-20(4)24(8-12-30(32)36-29)22-6-10-28-26(14-22)18(2)16-34-28/h5-16,33-35H,1-4H3. The van der Waals surface area contributed by atoms with Crippen LogP contribution in [0.3, 0.4) is 0 Å². The molecule has 0 aliphatic carbocycles. The van der Waals surface area contributed by atoms with E-state index in [1.165, 1.54) is 66.3 Å². The Morgan fingerprint density at radius 3 is 1.50 bits per heavy atom. The van der Waals surface area contributed by atoms with Crippen LogP contribution in [0.4, 0.5) is 11.4 Å². The van der Waals surface area contributed by atoms with Crippen LogP contribution < -0.4 is 10.1 Å². The smallest absolute Gasteiger partial charge is 0.151 e. The predicted octanol–water partition coefficient (Wildman–Crippen LogP) is 9.07. The van der Waals surface area contributed by atoms with Gasteiger partial charge < -0.3 is 20.0 Å². The molecule has 4 heteroatoms. The molecule has 1 aliphatic rings. The normalized spacial score (nSPS) is 12.3. The Kier molecular flexibility index (Phi) is 4.37. The molecule has 0 unspecified atom stereocenters. The highest BCUT2D eigenvalue weighted by molar-refractivity contribution is 5.93. The van der Waals surface area contributed by atoms with Crippen molar-refractivity contribution in [1.82, 2.24) is 9.97 Å². The van der Waals surface area contributed by atoms with E-state index in [0.717, 1.165) is 22.9 Å². The highest BCUT2D eigenvalue weighted by Crippen LogP contribution is 2.49. The van der Waals surface area contributed by atoms with Crippen molar-refractivity contribution in [2.45, 2.75) is 27.7 Å². The van der Waals surface area contributed by atoms with E-state index >= 15 is 0 Å². The van der Waals surface area contributed by atoms with Crippen molar-refractivity contribution in [2.75, 3.05) is 5.32 Å². The monoisotopic (exact) mass is 469 g/mol. The van der Waals surface area contributed by atoms with Crippen LogP contribution in [0.1, 0.15) is 22.3 Å². The Balaban J connectivity index is 1.32. The number of aryl methyl sites for hydroxylation is 2. The molecule has 0 spiro atoms. The molecule has 7 rings (SSSR count). The Morgan fingerprint density at radius 2 is 1.03 bits per heavy atom. The van der Waals surface area contributed by atoms with Gasteiger partial charge in [-0.2, -0.15) is 0 Å². The third kappa shape index (κ3) is 3.01. The SMILES string of the molecule is Cc1c(-c2ccc3[nH]cc(C)c3c2)ccc2c1Nc1c(ccc(-c3ccc4[nH]cc(C)c4c3)c1C)O2. The highest BCUT2D eigenvalue weighted by atomic mass is 16.5. The Hall–Kier alpha value is -4.44. The number of aromatic nitrogens is 2. The highest BCUT2D eigenvalue weighted by Gasteiger charge is 2.23. The molecule has 0 fully saturated rings. The molecule has 3 heterocycles. The molecule has 36 heavy (non-hydrogen) atoms. The Bertz CT molecular complexity index is 1700. The molecule has 0 bridgehead atoms. The molecule has 0 radical (unpaired) electrons. The molecule has 6 aromatic rings. The van der Waals surface area contributed by atoms with E-state index in [1.54, 1.807) is 0 Å². The topological polar surface area (TPSA) is 52.8 Å². The lowest BCUT2D eigenvalue weighted by Gasteiger charge is -2.27. The summed E-state index contributed by atoms with van der Waals surface area (Å²) in [5, 5.41) is 6.26. The predicted molar refractivity (Wildman–Crippen MR) is 150 cm³/mol. The van der Waals surface area contributed by atoms with Crippen molar-refractivity contribution in [3.05, 3.63) is 95.3 Å². The van der Waals surface area contributed by atoms with Gasteiger partial charge in [0.2, 0.25) is 0 Å². The summed E-state index contributed by atoms with van der Waals surface area (Å²) in [6.45, 7) is 8.63. The first-order valence-corrected chi connectivity index (χ1v) is 12.4. The summed E-state index contributed by atoms with van der Waals surface area (Å²) >= 11 is 0. The minimum absolute atomic E-state index is 0.860. The number of hydrogen-bond acceptors (Lipinski definition) is 2. The third-order valence-corrected chi connectivity index (χ3v) is 7.72. The van der Waals surface area contributed by atoms with Gasteiger partial charge in [-0.05, 0) is 109 Å². The van der Waals surface area contributed by atoms with E-state index in [1.807, 2.05) is 0 Å². The third-order valence-electron chi connectivity index (χ3n) is 7.72. The average Bonchev–Trinajstić information content (AvgIpc) is 3.45. The summed E-state index contributed by atoms with van der Waals surface area (Å²) in [5.41, 5.74) is 14.1. The van der Waals surface area contributed by atoms with Crippen molar-refractivity contribution in [3.63, 3.8) is 0 Å². The Labute approximate surface area is 210 Å². The number of rotatable bonds is 2. The molecule has 0 atom stereocenters. The fraction of sp³-hybridized carbons (Fsp3) is 0.125. The van der Waals surface area contributed by atoms with Gasteiger partial charge in [-0.15, -0.1) is 0 Å². The number of hydrogen-bond donors (Lipinski definition) is 3. The summed E-state index contributed by atoms with van der Waals surface area (Å²) in [5.74, 6) is 1.72. The van der Waals surface area contributed by atoms with E-state index in [0.29, 0.717) is 0 Å². The maximum atomic E-state index is 6.40. The molecule has 4 nitrogen and oxygen atoms in total. The Morgan fingerprint density at radius 1 is 0.556 bits per heavy atom. The van der Waals surface area contributed by atoms with Crippen molar-refractivity contribution in [1.29, 1.82) is 0 Å². The van der Waals surface area contributed by atoms with Crippen LogP contribution in [0.15, 0.2) is 73.1 Å². The van der Waals surface area contributed by atoms with Crippen LogP contribution in [0.5, 0.6) is 11.5 Å². The van der Waals surface area contributed by atoms with Crippen LogP contribution in [-0.2, 0) is 0 Å². The van der Waals surface area contributed by atoms with E-state index in [4.69, 9.17) is 4.74 Å². The first-order chi connectivity index (χ1) is 17.5. The number of benzene rings is 4. The molecule has 4 aromatic carbocycles. The number of fused-ring (bicyclic) bond motifs is 4. The van der Waals surface area contributed by atoms with Crippen LogP contribution in [-0.4, -0.2) is 9.97 Å². The second kappa shape index (κ2) is 7.53. The maximum Gasteiger partial charge on any atom is 0.151 e. The molecule has 176 valence electrons. The van der Waals surface area contributed by atoms with Gasteiger partial charge in [0.1, 0.15) is 0 Å². The molecule has 0 saturated heterocycles. The summed E-state index contributed by atoms with van der Waals surface area (Å²) in [4.78, 5) is 6.69. The first-order valence-electron chi connectivity index (χ1n) is 12.4. The van der Waals surface area contributed by atoms with E-state index in [9.17, 15) is 0 Å². The van der Waals surface area contributed by atoms with E-state index < -0.39 is 0 Å². The lowest BCUT2D eigenvalue weighted by molar-refractivity contribution is 0.480. The fourth-order valence-electron chi connectivity index (χ4n) is 5.58. The number of nitrogens with one attached hydrogen (secondary N) is 3. The van der Waals surface area contributed by atoms with Crippen LogP contribution in [0, 0.1) is 27.7 Å². The van der Waals surface area contributed by atoms with E-state index in [2.05, 4.69) is 116 Å². The van der Waals surface area contributed by atoms with Crippen LogP contribution in [0.2, 0.25) is 0 Å². The van der Waals surface area contributed by atoms with Gasteiger partial charge in [-0.25, -0.2) is 0 Å². The van der Waals surface area contributed by atoms with Crippen molar-refractivity contribution >= 4 is 33.2 Å². The minimum Gasteiger partial charge on any atom is -0.453 e. The van der Waals surface area contributed by atoms with Gasteiger partial charge in [0, 0.05) is 34.2 Å². The summed E-state index contributed by atoms with van der Waals surface area (Å²) in [7, 11) is 0. The summed E-state index contributed by atoms with van der Waals surface area (Å²) in [6, 6.07) is 21.7. The second-order valence-electron chi connectivity index (χ2n) is 9.91. The molecular weight excluding hydrogens is 442 g/mol. The lowest BCUT2D eigenvalue weighted by Crippen LogP contribution is -2.07. The van der Waals surface area contributed by atoms with Gasteiger partial charge in [-0.1, -0.05) is 24.3 Å². The molecule has 2 aromatic heterocycles. The van der Waals surface area contributed by atoms with Gasteiger partial charge >= 0.3 is 0 Å². The molecule has 1 aliphatic heterocycles. The van der Waals surface area contributed by atoms with Crippen LogP contribution >= 0.6 is 0 Å². The van der Waals surface area contributed by atoms with Crippen molar-refractivity contribution in [3.8, 4) is 33.8 Å². The minimum atomic E-state index is 0.860. The van der Waals surface area contributed by atoms with Gasteiger partial charge in [0.05, 0.1) is 11.4 Å². The van der Waals surface area contributed by atoms with E-state index in [-0.39, 0.29) is 0 Å².